The van der Waals surface area contributed by atoms with Crippen LogP contribution in [0.1, 0.15) is 322 Å². The van der Waals surface area contributed by atoms with Crippen LogP contribution in [0.4, 0.5) is 0 Å². The fourth-order valence-electron chi connectivity index (χ4n) is 12.9. The number of ether oxygens (including phenoxy) is 4. The molecule has 2 fully saturated rings. The Morgan fingerprint density at radius 3 is 1.04 bits per heavy atom. The maximum Gasteiger partial charge on any atom is 0.220 e. The lowest BCUT2D eigenvalue weighted by molar-refractivity contribution is -0.359. The normalized spacial score (nSPS) is 22.4. The lowest BCUT2D eigenvalue weighted by Gasteiger charge is -2.46. The molecule has 102 heavy (non-hydrogen) atoms. The van der Waals surface area contributed by atoms with Crippen LogP contribution in [0.3, 0.4) is 0 Å². The molecule has 14 heteroatoms. The molecular weight excluding hydrogens is 1280 g/mol. The van der Waals surface area contributed by atoms with Gasteiger partial charge in [0.15, 0.2) is 12.6 Å². The van der Waals surface area contributed by atoms with Gasteiger partial charge in [-0.1, -0.05) is 353 Å². The first-order valence-electron chi connectivity index (χ1n) is 41.4. The Morgan fingerprint density at radius 1 is 0.363 bits per heavy atom. The van der Waals surface area contributed by atoms with Gasteiger partial charge in [-0.05, 0) is 96.3 Å². The molecule has 2 aliphatic heterocycles. The number of unbranched alkanes of at least 4 members (excludes halogenated alkanes) is 35. The van der Waals surface area contributed by atoms with Gasteiger partial charge in [0, 0.05) is 6.42 Å². The Morgan fingerprint density at radius 2 is 0.676 bits per heavy atom. The molecule has 0 spiro atoms. The summed E-state index contributed by atoms with van der Waals surface area (Å²) in [6.45, 7) is 2.71. The molecule has 1 amide bonds. The van der Waals surface area contributed by atoms with Crippen LogP contribution in [0, 0.1) is 0 Å². The minimum atomic E-state index is -1.80. The van der Waals surface area contributed by atoms with Crippen LogP contribution in [0.2, 0.25) is 0 Å². The average molecular weight is 1430 g/mol. The second-order valence-electron chi connectivity index (χ2n) is 28.5. The van der Waals surface area contributed by atoms with Crippen molar-refractivity contribution in [1.29, 1.82) is 0 Å². The first kappa shape index (κ1) is 94.2. The smallest absolute Gasteiger partial charge is 0.220 e. The van der Waals surface area contributed by atoms with Crippen LogP contribution < -0.4 is 5.32 Å². The summed E-state index contributed by atoms with van der Waals surface area (Å²) in [5.74, 6) is -0.255. The number of aliphatic hydroxyl groups is 8. The highest BCUT2D eigenvalue weighted by Crippen LogP contribution is 2.30. The molecule has 12 unspecified atom stereocenters. The van der Waals surface area contributed by atoms with E-state index in [1.807, 2.05) is 6.08 Å². The molecule has 0 aromatic carbocycles. The summed E-state index contributed by atoms with van der Waals surface area (Å²) >= 11 is 0. The first-order chi connectivity index (χ1) is 50.1. The third kappa shape index (κ3) is 52.2. The largest absolute Gasteiger partial charge is 0.394 e. The van der Waals surface area contributed by atoms with Crippen LogP contribution in [-0.2, 0) is 23.7 Å². The summed E-state index contributed by atoms with van der Waals surface area (Å²) < 4.78 is 22.9. The Kier molecular flexibility index (Phi) is 64.8. The molecule has 2 heterocycles. The van der Waals surface area contributed by atoms with E-state index >= 15 is 0 Å². The SMILES string of the molecule is CC/C=C\C/C=C\C/C=C\C/C=C\C/C=C\C/C=C\C/C=C\C/C=C\C/C=C\C/C=C\CCCCCCCCC(=O)NC(COC1OC(CO)C(OC2OC(CO)C(O)C(O)C2O)C(O)C1O)C(O)/C=C/CCCCCCCCCCCCCCCCCCCCCCCCCCCCCCC. The molecule has 12 atom stereocenters. The Labute approximate surface area is 621 Å². The van der Waals surface area contributed by atoms with E-state index in [0.717, 1.165) is 122 Å². The zero-order chi connectivity index (χ0) is 73.7. The number of aliphatic hydroxyl groups excluding tert-OH is 8. The summed E-state index contributed by atoms with van der Waals surface area (Å²) in [6, 6.07) is -0.935. The third-order valence-corrected chi connectivity index (χ3v) is 19.3. The van der Waals surface area contributed by atoms with Gasteiger partial charge >= 0.3 is 0 Å². The highest BCUT2D eigenvalue weighted by atomic mass is 16.7. The van der Waals surface area contributed by atoms with E-state index in [1.165, 1.54) is 173 Å². The minimum absolute atomic E-state index is 0.255. The lowest BCUT2D eigenvalue weighted by Crippen LogP contribution is -2.65. The van der Waals surface area contributed by atoms with Gasteiger partial charge in [0.2, 0.25) is 5.91 Å². The van der Waals surface area contributed by atoms with Gasteiger partial charge in [0.1, 0.15) is 48.8 Å². The monoisotopic (exact) mass is 1430 g/mol. The fraction of sp³-hybridized carbons (Fsp3) is 0.739. The van der Waals surface area contributed by atoms with Crippen LogP contribution in [0.25, 0.3) is 0 Å². The number of hydrogen-bond acceptors (Lipinski definition) is 13. The predicted molar refractivity (Wildman–Crippen MR) is 424 cm³/mol. The summed E-state index contributed by atoms with van der Waals surface area (Å²) in [5, 5.41) is 87.7. The number of rotatable bonds is 68. The van der Waals surface area contributed by atoms with Gasteiger partial charge in [-0.3, -0.25) is 4.79 Å². The summed E-state index contributed by atoms with van der Waals surface area (Å²) in [7, 11) is 0. The van der Waals surface area contributed by atoms with Gasteiger partial charge in [-0.25, -0.2) is 0 Å². The lowest BCUT2D eigenvalue weighted by atomic mass is 9.97. The molecule has 586 valence electrons. The van der Waals surface area contributed by atoms with E-state index in [0.29, 0.717) is 6.42 Å². The number of nitrogens with one attached hydrogen (secondary N) is 1. The Balaban J connectivity index is 1.64. The number of hydrogen-bond donors (Lipinski definition) is 9. The molecule has 0 saturated carbocycles. The van der Waals surface area contributed by atoms with Crippen molar-refractivity contribution in [3.05, 3.63) is 134 Å². The summed E-state index contributed by atoms with van der Waals surface area (Å²) in [5.41, 5.74) is 0. The second-order valence-corrected chi connectivity index (χ2v) is 28.5. The predicted octanol–water partition coefficient (Wildman–Crippen LogP) is 19.4. The minimum Gasteiger partial charge on any atom is -0.394 e. The highest BCUT2D eigenvalue weighted by molar-refractivity contribution is 5.76. The Hall–Kier alpha value is -3.87. The van der Waals surface area contributed by atoms with Gasteiger partial charge in [-0.15, -0.1) is 0 Å². The average Bonchev–Trinajstić information content (AvgIpc) is 0.790. The number of allylic oxidation sites excluding steroid dienone is 21. The van der Waals surface area contributed by atoms with Crippen LogP contribution in [-0.4, -0.2) is 140 Å². The van der Waals surface area contributed by atoms with Crippen molar-refractivity contribution in [2.45, 2.75) is 396 Å². The van der Waals surface area contributed by atoms with Crippen molar-refractivity contribution in [2.75, 3.05) is 19.8 Å². The van der Waals surface area contributed by atoms with E-state index in [-0.39, 0.29) is 18.9 Å². The molecule has 2 aliphatic rings. The zero-order valence-corrected chi connectivity index (χ0v) is 64.3. The van der Waals surface area contributed by atoms with Gasteiger partial charge in [-0.2, -0.15) is 0 Å². The van der Waals surface area contributed by atoms with Gasteiger partial charge < -0.3 is 65.1 Å². The Bertz CT molecular complexity index is 2230. The van der Waals surface area contributed by atoms with Crippen molar-refractivity contribution < 1.29 is 64.6 Å². The molecule has 14 nitrogen and oxygen atoms in total. The maximum atomic E-state index is 13.4. The molecule has 0 bridgehead atoms. The molecule has 2 saturated heterocycles. The van der Waals surface area contributed by atoms with E-state index in [2.05, 4.69) is 141 Å². The van der Waals surface area contributed by atoms with E-state index < -0.39 is 86.8 Å². The molecule has 9 N–H and O–H groups in total. The quantitative estimate of drug-likeness (QED) is 0.0204. The molecule has 2 rings (SSSR count). The second kappa shape index (κ2) is 70.1. The number of amides is 1. The van der Waals surface area contributed by atoms with E-state index in [4.69, 9.17) is 18.9 Å². The number of carbonyl (C=O) groups is 1. The highest BCUT2D eigenvalue weighted by Gasteiger charge is 2.51. The maximum absolute atomic E-state index is 13.4. The van der Waals surface area contributed by atoms with E-state index in [9.17, 15) is 45.6 Å². The molecule has 0 aliphatic carbocycles. The van der Waals surface area contributed by atoms with Crippen molar-refractivity contribution in [1.82, 2.24) is 5.32 Å². The van der Waals surface area contributed by atoms with Crippen molar-refractivity contribution in [3.8, 4) is 0 Å². The molecule has 0 aromatic rings. The van der Waals surface area contributed by atoms with Gasteiger partial charge in [0.25, 0.3) is 0 Å². The third-order valence-electron chi connectivity index (χ3n) is 19.3. The molecule has 0 aromatic heterocycles. The standard InChI is InChI=1S/C88H151NO13/c1-3-5-7-9-11-13-15-17-19-21-23-25-27-29-31-33-35-36-37-38-39-40-42-44-46-48-50-52-54-56-58-60-62-64-66-68-70-72-80(93)89-76(75-99-87-85(98)83(96)86(79(74-91)101-87)102-88-84(97)82(95)81(94)78(73-90)100-88)77(92)71-69-67-65-63-61-59-57-55-53-51-49-47-45-43-41-34-32-30-28-26-24-22-20-18-16-14-12-10-8-6-4-2/h5,7,11,13,17,19,23,25,29,31,35-36,38-39,42,44,48,50,54,56,69,71,76-79,81-88,90-92,94-98H,3-4,6,8-10,12,14-16,18,20-22,24,26-28,30,32-34,37,40-41,43,45-47,49,51-53,55,57-68,70,72-75H2,1-2H3,(H,89,93)/b7-5-,13-11-,19-17-,25-23-,31-29-,36-35-,39-38-,44-42-,50-48-,56-54-,71-69+. The summed E-state index contributed by atoms with van der Waals surface area (Å²) in [4.78, 5) is 13.4. The van der Waals surface area contributed by atoms with E-state index in [1.54, 1.807) is 6.08 Å². The van der Waals surface area contributed by atoms with Crippen LogP contribution in [0.15, 0.2) is 134 Å². The van der Waals surface area contributed by atoms with Crippen LogP contribution >= 0.6 is 0 Å². The summed E-state index contributed by atoms with van der Waals surface area (Å²) in [6.07, 6.45) is 88.1. The van der Waals surface area contributed by atoms with Gasteiger partial charge in [0.05, 0.1) is 32.0 Å². The zero-order valence-electron chi connectivity index (χ0n) is 64.3. The van der Waals surface area contributed by atoms with Crippen molar-refractivity contribution >= 4 is 5.91 Å². The van der Waals surface area contributed by atoms with Crippen molar-refractivity contribution in [3.63, 3.8) is 0 Å². The fourth-order valence-corrected chi connectivity index (χ4v) is 12.9. The topological polar surface area (TPSA) is 228 Å². The van der Waals surface area contributed by atoms with Crippen molar-refractivity contribution in [2.24, 2.45) is 0 Å². The number of carbonyl (C=O) groups excluding carboxylic acids is 1. The molecular formula is C88H151NO13. The first-order valence-corrected chi connectivity index (χ1v) is 41.4. The van der Waals surface area contributed by atoms with Crippen LogP contribution in [0.5, 0.6) is 0 Å². The molecule has 0 radical (unpaired) electrons.